The number of carbonyl (C=O) groups excluding carboxylic acids is 1. The largest absolute Gasteiger partial charge is 0.462 e. The maximum absolute atomic E-state index is 12.4. The molecule has 1 heterocycles. The summed E-state index contributed by atoms with van der Waals surface area (Å²) >= 11 is 5.95. The number of carbonyl (C=O) groups is 1. The van der Waals surface area contributed by atoms with Crippen LogP contribution in [0.4, 0.5) is 0 Å². The summed E-state index contributed by atoms with van der Waals surface area (Å²) in [6.45, 7) is 5.60. The van der Waals surface area contributed by atoms with Gasteiger partial charge in [-0.05, 0) is 50.1 Å². The van der Waals surface area contributed by atoms with Crippen LogP contribution in [-0.2, 0) is 4.74 Å². The molecule has 0 amide bonds. The first-order chi connectivity index (χ1) is 11.9. The van der Waals surface area contributed by atoms with Gasteiger partial charge in [0, 0.05) is 16.0 Å². The van der Waals surface area contributed by atoms with Gasteiger partial charge in [-0.2, -0.15) is 5.10 Å². The number of aromatic amines is 1. The third-order valence-corrected chi connectivity index (χ3v) is 4.38. The number of nitrogens with zero attached hydrogens (tertiary/aromatic N) is 1. The van der Waals surface area contributed by atoms with Crippen LogP contribution in [0.2, 0.25) is 5.02 Å². The second kappa shape index (κ2) is 6.69. The molecule has 0 fully saturated rings. The maximum atomic E-state index is 12.4. The molecule has 0 aliphatic rings. The van der Waals surface area contributed by atoms with Crippen molar-refractivity contribution >= 4 is 28.3 Å². The molecule has 0 saturated heterocycles. The lowest BCUT2D eigenvalue weighted by Gasteiger charge is -2.13. The second-order valence-electron chi connectivity index (χ2n) is 5.74. The number of halogens is 1. The molecule has 3 rings (SSSR count). The lowest BCUT2D eigenvalue weighted by atomic mass is 9.94. The summed E-state index contributed by atoms with van der Waals surface area (Å²) in [5.74, 6) is -0.427. The van der Waals surface area contributed by atoms with Crippen LogP contribution in [0, 0.1) is 13.8 Å². The fourth-order valence-corrected chi connectivity index (χ4v) is 3.16. The van der Waals surface area contributed by atoms with Gasteiger partial charge in [-0.15, -0.1) is 0 Å². The molecule has 25 heavy (non-hydrogen) atoms. The van der Waals surface area contributed by atoms with Gasteiger partial charge < -0.3 is 4.74 Å². The predicted molar refractivity (Wildman–Crippen MR) is 98.2 cm³/mol. The van der Waals surface area contributed by atoms with Crippen LogP contribution >= 0.6 is 11.6 Å². The zero-order chi connectivity index (χ0) is 18.1. The molecule has 0 unspecified atom stereocenters. The minimum absolute atomic E-state index is 0.276. The van der Waals surface area contributed by atoms with Crippen molar-refractivity contribution in [2.75, 3.05) is 6.61 Å². The van der Waals surface area contributed by atoms with E-state index in [4.69, 9.17) is 16.3 Å². The first kappa shape index (κ1) is 17.2. The van der Waals surface area contributed by atoms with Crippen molar-refractivity contribution in [1.82, 2.24) is 10.2 Å². The average molecular weight is 357 g/mol. The Kier molecular flexibility index (Phi) is 4.59. The van der Waals surface area contributed by atoms with Crippen molar-refractivity contribution < 1.29 is 9.53 Å². The Labute approximate surface area is 149 Å². The fourth-order valence-electron chi connectivity index (χ4n) is 3.03. The van der Waals surface area contributed by atoms with Crippen LogP contribution in [0.3, 0.4) is 0 Å². The zero-order valence-corrected chi connectivity index (χ0v) is 14.9. The monoisotopic (exact) mass is 356 g/mol. The highest BCUT2D eigenvalue weighted by molar-refractivity contribution is 6.30. The number of H-pyrrole nitrogens is 1. The van der Waals surface area contributed by atoms with Gasteiger partial charge in [-0.1, -0.05) is 23.7 Å². The highest BCUT2D eigenvalue weighted by Gasteiger charge is 2.20. The Morgan fingerprint density at radius 1 is 1.24 bits per heavy atom. The normalized spacial score (nSPS) is 10.9. The van der Waals surface area contributed by atoms with Crippen LogP contribution in [0.1, 0.15) is 28.4 Å². The van der Waals surface area contributed by atoms with Gasteiger partial charge in [0.05, 0.1) is 23.3 Å². The van der Waals surface area contributed by atoms with Gasteiger partial charge in [0.15, 0.2) is 0 Å². The zero-order valence-electron chi connectivity index (χ0n) is 14.1. The molecule has 0 spiro atoms. The molecule has 0 radical (unpaired) electrons. The van der Waals surface area contributed by atoms with Crippen molar-refractivity contribution in [2.24, 2.45) is 0 Å². The summed E-state index contributed by atoms with van der Waals surface area (Å²) in [6.07, 6.45) is 0. The molecular weight excluding hydrogens is 340 g/mol. The number of aryl methyl sites for hydroxylation is 2. The predicted octanol–water partition coefficient (Wildman–Crippen LogP) is 4.04. The summed E-state index contributed by atoms with van der Waals surface area (Å²) in [7, 11) is 0. The van der Waals surface area contributed by atoms with Gasteiger partial charge in [0.1, 0.15) is 0 Å². The number of nitrogens with one attached hydrogen (secondary N) is 1. The Morgan fingerprint density at radius 2 is 1.92 bits per heavy atom. The molecule has 0 aliphatic carbocycles. The third kappa shape index (κ3) is 3.03. The molecular formula is C19H17ClN2O3. The van der Waals surface area contributed by atoms with Crippen molar-refractivity contribution in [3.05, 3.63) is 62.4 Å². The maximum Gasteiger partial charge on any atom is 0.338 e. The number of ether oxygens (including phenoxy) is 1. The van der Waals surface area contributed by atoms with E-state index >= 15 is 0 Å². The average Bonchev–Trinajstić information content (AvgIpc) is 2.56. The third-order valence-electron chi connectivity index (χ3n) is 4.12. The fraction of sp³-hybridized carbons (Fsp3) is 0.211. The minimum Gasteiger partial charge on any atom is -0.462 e. The van der Waals surface area contributed by atoms with E-state index in [1.807, 2.05) is 19.1 Å². The van der Waals surface area contributed by atoms with Crippen molar-refractivity contribution in [1.29, 1.82) is 0 Å². The lowest BCUT2D eigenvalue weighted by Crippen LogP contribution is -2.15. The number of aromatic nitrogens is 2. The molecule has 1 aromatic heterocycles. The Bertz CT molecular complexity index is 1020. The summed E-state index contributed by atoms with van der Waals surface area (Å²) in [5.41, 5.74) is 2.88. The molecule has 0 atom stereocenters. The van der Waals surface area contributed by atoms with Crippen LogP contribution < -0.4 is 5.56 Å². The van der Waals surface area contributed by atoms with Crippen molar-refractivity contribution in [3.63, 3.8) is 0 Å². The van der Waals surface area contributed by atoms with E-state index in [0.29, 0.717) is 32.6 Å². The highest BCUT2D eigenvalue weighted by Crippen LogP contribution is 2.30. The van der Waals surface area contributed by atoms with Crippen molar-refractivity contribution in [3.8, 4) is 11.3 Å². The summed E-state index contributed by atoms with van der Waals surface area (Å²) in [6, 6.07) is 9.02. The van der Waals surface area contributed by atoms with Crippen LogP contribution in [0.25, 0.3) is 22.0 Å². The van der Waals surface area contributed by atoms with Crippen LogP contribution in [0.15, 0.2) is 35.1 Å². The van der Waals surface area contributed by atoms with E-state index in [9.17, 15) is 9.59 Å². The lowest BCUT2D eigenvalue weighted by molar-refractivity contribution is 0.0525. The molecule has 0 saturated carbocycles. The second-order valence-corrected chi connectivity index (χ2v) is 6.18. The standard InChI is InChI=1S/C19H17ClN2O3/c1-4-25-19(24)15-10(2)9-14-16(11(15)3)18(23)22-21-17(14)12-5-7-13(20)8-6-12/h5-9H,4H2,1-3H3,(H,22,23). The van der Waals surface area contributed by atoms with E-state index in [1.54, 1.807) is 32.0 Å². The quantitative estimate of drug-likeness (QED) is 0.719. The smallest absolute Gasteiger partial charge is 0.338 e. The van der Waals surface area contributed by atoms with Gasteiger partial charge in [0.25, 0.3) is 5.56 Å². The van der Waals surface area contributed by atoms with Gasteiger partial charge >= 0.3 is 5.97 Å². The Morgan fingerprint density at radius 3 is 2.56 bits per heavy atom. The Hall–Kier alpha value is -2.66. The number of hydrogen-bond acceptors (Lipinski definition) is 4. The number of benzene rings is 2. The number of fused-ring (bicyclic) bond motifs is 1. The van der Waals surface area contributed by atoms with E-state index in [2.05, 4.69) is 10.2 Å². The first-order valence-electron chi connectivity index (χ1n) is 7.89. The van der Waals surface area contributed by atoms with Crippen molar-refractivity contribution in [2.45, 2.75) is 20.8 Å². The summed E-state index contributed by atoms with van der Waals surface area (Å²) in [5, 5.41) is 8.47. The molecule has 0 aliphatic heterocycles. The van der Waals surface area contributed by atoms with Gasteiger partial charge in [0.2, 0.25) is 0 Å². The number of hydrogen-bond donors (Lipinski definition) is 1. The molecule has 128 valence electrons. The SMILES string of the molecule is CCOC(=O)c1c(C)cc2c(-c3ccc(Cl)cc3)n[nH]c(=O)c2c1C. The Balaban J connectivity index is 2.34. The van der Waals surface area contributed by atoms with Gasteiger partial charge in [-0.25, -0.2) is 9.89 Å². The highest BCUT2D eigenvalue weighted by atomic mass is 35.5. The number of rotatable bonds is 3. The molecule has 2 aromatic carbocycles. The molecule has 0 bridgehead atoms. The van der Waals surface area contributed by atoms with E-state index in [0.717, 1.165) is 11.1 Å². The van der Waals surface area contributed by atoms with Crippen LogP contribution in [-0.4, -0.2) is 22.8 Å². The minimum atomic E-state index is -0.427. The summed E-state index contributed by atoms with van der Waals surface area (Å²) < 4.78 is 5.12. The van der Waals surface area contributed by atoms with E-state index in [-0.39, 0.29) is 12.2 Å². The molecule has 5 nitrogen and oxygen atoms in total. The first-order valence-corrected chi connectivity index (χ1v) is 8.27. The molecule has 1 N–H and O–H groups in total. The summed E-state index contributed by atoms with van der Waals surface area (Å²) in [4.78, 5) is 24.7. The molecule has 6 heteroatoms. The van der Waals surface area contributed by atoms with E-state index in [1.165, 1.54) is 0 Å². The molecule has 3 aromatic rings. The topological polar surface area (TPSA) is 72.0 Å². The van der Waals surface area contributed by atoms with Gasteiger partial charge in [-0.3, -0.25) is 4.79 Å². The number of esters is 1. The van der Waals surface area contributed by atoms with Crippen LogP contribution in [0.5, 0.6) is 0 Å². The van der Waals surface area contributed by atoms with E-state index < -0.39 is 5.97 Å².